The standard InChI is InChI=1S/C21H14N4O/c22-25-24-18-13-7-12-17(14-18)21-23-19(15-8-3-1-4-9-15)20(26-21)16-10-5-2-6-11-16/h1-14H. The maximum Gasteiger partial charge on any atom is 0.227 e. The summed E-state index contributed by atoms with van der Waals surface area (Å²) < 4.78 is 6.13. The van der Waals surface area contributed by atoms with E-state index in [9.17, 15) is 0 Å². The molecule has 5 heteroatoms. The Hall–Kier alpha value is -3.82. The van der Waals surface area contributed by atoms with Crippen LogP contribution in [0, 0.1) is 0 Å². The monoisotopic (exact) mass is 338 g/mol. The topological polar surface area (TPSA) is 74.8 Å². The zero-order valence-corrected chi connectivity index (χ0v) is 13.8. The highest BCUT2D eigenvalue weighted by molar-refractivity contribution is 5.79. The molecule has 0 aliphatic rings. The Morgan fingerprint density at radius 2 is 1.42 bits per heavy atom. The van der Waals surface area contributed by atoms with Crippen molar-refractivity contribution in [3.8, 4) is 34.0 Å². The molecule has 1 heterocycles. The molecular weight excluding hydrogens is 324 g/mol. The Kier molecular flexibility index (Phi) is 4.21. The van der Waals surface area contributed by atoms with Crippen LogP contribution in [-0.4, -0.2) is 4.98 Å². The summed E-state index contributed by atoms with van der Waals surface area (Å²) in [6.07, 6.45) is 0. The van der Waals surface area contributed by atoms with Gasteiger partial charge in [-0.1, -0.05) is 77.9 Å². The van der Waals surface area contributed by atoms with Crippen LogP contribution < -0.4 is 0 Å². The third-order valence-corrected chi connectivity index (χ3v) is 3.96. The summed E-state index contributed by atoms with van der Waals surface area (Å²) in [4.78, 5) is 7.56. The van der Waals surface area contributed by atoms with E-state index in [0.717, 1.165) is 22.4 Å². The first kappa shape index (κ1) is 15.7. The fourth-order valence-corrected chi connectivity index (χ4v) is 2.77. The second-order valence-corrected chi connectivity index (χ2v) is 5.67. The first-order valence-corrected chi connectivity index (χ1v) is 8.12. The number of aromatic nitrogens is 1. The highest BCUT2D eigenvalue weighted by atomic mass is 16.4. The van der Waals surface area contributed by atoms with Crippen LogP contribution in [0.5, 0.6) is 0 Å². The molecule has 0 unspecified atom stereocenters. The van der Waals surface area contributed by atoms with Crippen molar-refractivity contribution in [2.75, 3.05) is 0 Å². The van der Waals surface area contributed by atoms with Crippen molar-refractivity contribution in [2.24, 2.45) is 5.11 Å². The first-order valence-electron chi connectivity index (χ1n) is 8.12. The van der Waals surface area contributed by atoms with Crippen molar-refractivity contribution in [2.45, 2.75) is 0 Å². The lowest BCUT2D eigenvalue weighted by molar-refractivity contribution is 0.589. The molecular formula is C21H14N4O. The normalized spacial score (nSPS) is 10.3. The van der Waals surface area contributed by atoms with Gasteiger partial charge in [0.1, 0.15) is 5.69 Å². The number of benzene rings is 3. The molecule has 4 rings (SSSR count). The van der Waals surface area contributed by atoms with Crippen LogP contribution in [0.2, 0.25) is 0 Å². The zero-order valence-electron chi connectivity index (χ0n) is 13.8. The smallest absolute Gasteiger partial charge is 0.227 e. The number of hydrogen-bond donors (Lipinski definition) is 0. The van der Waals surface area contributed by atoms with Crippen molar-refractivity contribution in [3.05, 3.63) is 95.4 Å². The lowest BCUT2D eigenvalue weighted by atomic mass is 10.1. The number of hydrogen-bond acceptors (Lipinski definition) is 3. The Labute approximate surface area is 150 Å². The highest BCUT2D eigenvalue weighted by Gasteiger charge is 2.17. The van der Waals surface area contributed by atoms with E-state index in [0.29, 0.717) is 17.3 Å². The van der Waals surface area contributed by atoms with E-state index in [2.05, 4.69) is 10.0 Å². The molecule has 0 bridgehead atoms. The van der Waals surface area contributed by atoms with Crippen molar-refractivity contribution in [1.29, 1.82) is 0 Å². The van der Waals surface area contributed by atoms with Gasteiger partial charge in [0.15, 0.2) is 5.76 Å². The fraction of sp³-hybridized carbons (Fsp3) is 0. The fourth-order valence-electron chi connectivity index (χ4n) is 2.77. The molecule has 5 nitrogen and oxygen atoms in total. The lowest BCUT2D eigenvalue weighted by Gasteiger charge is -2.00. The molecule has 3 aromatic carbocycles. The largest absolute Gasteiger partial charge is 0.435 e. The van der Waals surface area contributed by atoms with Crippen LogP contribution in [0.25, 0.3) is 44.5 Å². The third-order valence-electron chi connectivity index (χ3n) is 3.96. The van der Waals surface area contributed by atoms with Crippen LogP contribution in [0.4, 0.5) is 5.69 Å². The Bertz CT molecular complexity index is 1020. The van der Waals surface area contributed by atoms with Gasteiger partial charge in [-0.3, -0.25) is 0 Å². The van der Waals surface area contributed by atoms with E-state index < -0.39 is 0 Å². The molecule has 0 atom stereocenters. The van der Waals surface area contributed by atoms with E-state index in [-0.39, 0.29) is 0 Å². The molecule has 0 aliphatic carbocycles. The van der Waals surface area contributed by atoms with Gasteiger partial charge in [0, 0.05) is 27.3 Å². The van der Waals surface area contributed by atoms with Crippen molar-refractivity contribution in [3.63, 3.8) is 0 Å². The maximum atomic E-state index is 8.65. The summed E-state index contributed by atoms with van der Waals surface area (Å²) in [5, 5.41) is 3.65. The average molecular weight is 338 g/mol. The number of azide groups is 1. The minimum absolute atomic E-state index is 0.484. The summed E-state index contributed by atoms with van der Waals surface area (Å²) in [5.41, 5.74) is 12.6. The molecule has 0 radical (unpaired) electrons. The van der Waals surface area contributed by atoms with Gasteiger partial charge < -0.3 is 4.42 Å². The first-order chi connectivity index (χ1) is 12.8. The van der Waals surface area contributed by atoms with E-state index in [1.54, 1.807) is 12.1 Å². The summed E-state index contributed by atoms with van der Waals surface area (Å²) in [6.45, 7) is 0. The van der Waals surface area contributed by atoms with E-state index in [4.69, 9.17) is 14.9 Å². The molecule has 124 valence electrons. The Morgan fingerprint density at radius 3 is 2.12 bits per heavy atom. The van der Waals surface area contributed by atoms with Crippen LogP contribution >= 0.6 is 0 Å². The molecule has 0 fully saturated rings. The minimum atomic E-state index is 0.484. The molecule has 0 aliphatic heterocycles. The number of rotatable bonds is 4. The summed E-state index contributed by atoms with van der Waals surface area (Å²) in [6, 6.07) is 27.0. The number of oxazole rings is 1. The molecule has 1 aromatic heterocycles. The Morgan fingerprint density at radius 1 is 0.769 bits per heavy atom. The lowest BCUT2D eigenvalue weighted by Crippen LogP contribution is -1.82. The number of nitrogens with zero attached hydrogens (tertiary/aromatic N) is 4. The summed E-state index contributed by atoms with van der Waals surface area (Å²) in [7, 11) is 0. The van der Waals surface area contributed by atoms with Gasteiger partial charge in [0.05, 0.1) is 0 Å². The van der Waals surface area contributed by atoms with Crippen molar-refractivity contribution >= 4 is 5.69 Å². The molecule has 0 amide bonds. The zero-order chi connectivity index (χ0) is 17.8. The van der Waals surface area contributed by atoms with Crippen molar-refractivity contribution < 1.29 is 4.42 Å². The molecule has 0 saturated carbocycles. The van der Waals surface area contributed by atoms with Gasteiger partial charge in [-0.25, -0.2) is 4.98 Å². The molecule has 4 aromatic rings. The van der Waals surface area contributed by atoms with Crippen LogP contribution in [-0.2, 0) is 0 Å². The second-order valence-electron chi connectivity index (χ2n) is 5.67. The van der Waals surface area contributed by atoms with Gasteiger partial charge in [0.25, 0.3) is 0 Å². The molecule has 0 spiro atoms. The van der Waals surface area contributed by atoms with Gasteiger partial charge in [-0.2, -0.15) is 0 Å². The quantitative estimate of drug-likeness (QED) is 0.238. The molecule has 0 N–H and O–H groups in total. The SMILES string of the molecule is [N-]=[N+]=Nc1cccc(-c2nc(-c3ccccc3)c(-c3ccccc3)o2)c1. The predicted octanol–water partition coefficient (Wildman–Crippen LogP) is 6.62. The maximum absolute atomic E-state index is 8.65. The van der Waals surface area contributed by atoms with E-state index in [1.165, 1.54) is 0 Å². The van der Waals surface area contributed by atoms with Gasteiger partial charge in [0.2, 0.25) is 5.89 Å². The van der Waals surface area contributed by atoms with Gasteiger partial charge >= 0.3 is 0 Å². The van der Waals surface area contributed by atoms with E-state index in [1.807, 2.05) is 72.8 Å². The summed E-state index contributed by atoms with van der Waals surface area (Å²) in [5.74, 6) is 1.19. The van der Waals surface area contributed by atoms with Crippen molar-refractivity contribution in [1.82, 2.24) is 4.98 Å². The Balaban J connectivity index is 1.89. The molecule has 26 heavy (non-hydrogen) atoms. The summed E-state index contributed by atoms with van der Waals surface area (Å²) >= 11 is 0. The second kappa shape index (κ2) is 6.97. The van der Waals surface area contributed by atoms with E-state index >= 15 is 0 Å². The van der Waals surface area contributed by atoms with Crippen LogP contribution in [0.1, 0.15) is 0 Å². The van der Waals surface area contributed by atoms with Crippen LogP contribution in [0.3, 0.4) is 0 Å². The third kappa shape index (κ3) is 3.07. The van der Waals surface area contributed by atoms with Crippen LogP contribution in [0.15, 0.2) is 94.5 Å². The highest BCUT2D eigenvalue weighted by Crippen LogP contribution is 2.36. The average Bonchev–Trinajstić information content (AvgIpc) is 3.15. The van der Waals surface area contributed by atoms with Gasteiger partial charge in [-0.05, 0) is 17.7 Å². The minimum Gasteiger partial charge on any atom is -0.435 e. The molecule has 0 saturated heterocycles. The predicted molar refractivity (Wildman–Crippen MR) is 102 cm³/mol. The van der Waals surface area contributed by atoms with Gasteiger partial charge in [-0.15, -0.1) is 0 Å².